The van der Waals surface area contributed by atoms with Crippen LogP contribution in [-0.4, -0.2) is 23.6 Å². The fraction of sp³-hybridized carbons (Fsp3) is 0.200. The van der Waals surface area contributed by atoms with Gasteiger partial charge in [0.05, 0.1) is 6.42 Å². The predicted molar refractivity (Wildman–Crippen MR) is 51.9 cm³/mol. The lowest BCUT2D eigenvalue weighted by Gasteiger charge is -2.04. The molecule has 0 saturated heterocycles. The van der Waals surface area contributed by atoms with Gasteiger partial charge in [0, 0.05) is 5.69 Å². The smallest absolute Gasteiger partial charge is 0.341 e. The Labute approximate surface area is 85.7 Å². The zero-order valence-electron chi connectivity index (χ0n) is 7.82. The third-order valence-corrected chi connectivity index (χ3v) is 2.06. The summed E-state index contributed by atoms with van der Waals surface area (Å²) in [7, 11) is 0. The highest BCUT2D eigenvalue weighted by molar-refractivity contribution is 5.99. The average molecular weight is 207 g/mol. The number of ether oxygens (including phenoxy) is 1. The molecule has 2 N–H and O–H groups in total. The Morgan fingerprint density at radius 3 is 3.07 bits per heavy atom. The molecule has 78 valence electrons. The van der Waals surface area contributed by atoms with Crippen LogP contribution in [0.1, 0.15) is 5.56 Å². The maximum Gasteiger partial charge on any atom is 0.341 e. The number of hydrogen-bond acceptors (Lipinski definition) is 3. The van der Waals surface area contributed by atoms with Crippen LogP contribution in [0.2, 0.25) is 0 Å². The number of nitrogens with one attached hydrogen (secondary N) is 1. The number of hydrogen-bond donors (Lipinski definition) is 2. The first-order valence-electron chi connectivity index (χ1n) is 4.42. The van der Waals surface area contributed by atoms with Gasteiger partial charge < -0.3 is 15.2 Å². The molecule has 1 aliphatic rings. The average Bonchev–Trinajstić information content (AvgIpc) is 2.53. The van der Waals surface area contributed by atoms with Gasteiger partial charge in [-0.25, -0.2) is 4.79 Å². The van der Waals surface area contributed by atoms with E-state index in [1.807, 2.05) is 0 Å². The van der Waals surface area contributed by atoms with Crippen LogP contribution in [0.15, 0.2) is 18.2 Å². The minimum atomic E-state index is -1.02. The Morgan fingerprint density at radius 1 is 1.53 bits per heavy atom. The van der Waals surface area contributed by atoms with Crippen molar-refractivity contribution in [2.45, 2.75) is 6.42 Å². The van der Waals surface area contributed by atoms with E-state index in [9.17, 15) is 9.59 Å². The summed E-state index contributed by atoms with van der Waals surface area (Å²) in [5.41, 5.74) is 1.60. The van der Waals surface area contributed by atoms with E-state index in [0.717, 1.165) is 11.3 Å². The molecule has 15 heavy (non-hydrogen) atoms. The topological polar surface area (TPSA) is 75.6 Å². The van der Waals surface area contributed by atoms with E-state index < -0.39 is 5.97 Å². The molecule has 0 bridgehead atoms. The lowest BCUT2D eigenvalue weighted by Crippen LogP contribution is -2.09. The monoisotopic (exact) mass is 207 g/mol. The van der Waals surface area contributed by atoms with Crippen molar-refractivity contribution in [3.8, 4) is 5.75 Å². The lowest BCUT2D eigenvalue weighted by atomic mass is 10.1. The van der Waals surface area contributed by atoms with Crippen molar-refractivity contribution in [1.82, 2.24) is 0 Å². The second kappa shape index (κ2) is 3.61. The number of rotatable bonds is 3. The molecule has 0 saturated carbocycles. The van der Waals surface area contributed by atoms with Crippen LogP contribution in [0.5, 0.6) is 5.75 Å². The molecule has 0 spiro atoms. The Bertz CT molecular complexity index is 427. The number of anilines is 1. The van der Waals surface area contributed by atoms with Crippen molar-refractivity contribution in [1.29, 1.82) is 0 Å². The van der Waals surface area contributed by atoms with E-state index in [1.54, 1.807) is 18.2 Å². The van der Waals surface area contributed by atoms with Crippen molar-refractivity contribution in [2.75, 3.05) is 11.9 Å². The maximum absolute atomic E-state index is 11.0. The molecule has 5 nitrogen and oxygen atoms in total. The van der Waals surface area contributed by atoms with Gasteiger partial charge in [-0.1, -0.05) is 0 Å². The van der Waals surface area contributed by atoms with Gasteiger partial charge >= 0.3 is 5.97 Å². The van der Waals surface area contributed by atoms with Crippen molar-refractivity contribution in [2.24, 2.45) is 0 Å². The summed E-state index contributed by atoms with van der Waals surface area (Å²) in [5, 5.41) is 11.1. The van der Waals surface area contributed by atoms with E-state index in [0.29, 0.717) is 12.2 Å². The summed E-state index contributed by atoms with van der Waals surface area (Å²) in [4.78, 5) is 21.3. The first-order valence-corrected chi connectivity index (χ1v) is 4.42. The number of aliphatic carboxylic acids is 1. The number of amides is 1. The molecule has 1 heterocycles. The van der Waals surface area contributed by atoms with Gasteiger partial charge in [-0.15, -0.1) is 0 Å². The highest BCUT2D eigenvalue weighted by Crippen LogP contribution is 2.26. The molecular weight excluding hydrogens is 198 g/mol. The predicted octanol–water partition coefficient (Wildman–Crippen LogP) is 0.645. The molecule has 5 heteroatoms. The van der Waals surface area contributed by atoms with Crippen LogP contribution in [-0.2, 0) is 16.0 Å². The molecule has 1 aromatic rings. The molecule has 0 atom stereocenters. The zero-order chi connectivity index (χ0) is 10.8. The van der Waals surface area contributed by atoms with Gasteiger partial charge in [-0.2, -0.15) is 0 Å². The highest BCUT2D eigenvalue weighted by atomic mass is 16.5. The Morgan fingerprint density at radius 2 is 2.33 bits per heavy atom. The van der Waals surface area contributed by atoms with E-state index in [4.69, 9.17) is 9.84 Å². The molecule has 0 radical (unpaired) electrons. The van der Waals surface area contributed by atoms with E-state index in [2.05, 4.69) is 5.32 Å². The third kappa shape index (κ3) is 2.07. The first kappa shape index (κ1) is 9.51. The molecule has 1 amide bonds. The Kier molecular flexibility index (Phi) is 2.29. The Balaban J connectivity index is 2.13. The summed E-state index contributed by atoms with van der Waals surface area (Å²) in [6, 6.07) is 5.01. The lowest BCUT2D eigenvalue weighted by molar-refractivity contribution is -0.139. The van der Waals surface area contributed by atoms with Gasteiger partial charge in [-0.05, 0) is 23.8 Å². The Hall–Kier alpha value is -2.04. The molecular formula is C10H9NO4. The molecule has 1 aromatic carbocycles. The van der Waals surface area contributed by atoms with Crippen LogP contribution in [0, 0.1) is 0 Å². The largest absolute Gasteiger partial charge is 0.482 e. The van der Waals surface area contributed by atoms with Crippen LogP contribution in [0.3, 0.4) is 0 Å². The molecule has 2 rings (SSSR count). The summed E-state index contributed by atoms with van der Waals surface area (Å²) in [6.45, 7) is -0.375. The zero-order valence-corrected chi connectivity index (χ0v) is 7.82. The highest BCUT2D eigenvalue weighted by Gasteiger charge is 2.17. The molecule has 0 fully saturated rings. The van der Waals surface area contributed by atoms with Crippen LogP contribution in [0.25, 0.3) is 0 Å². The minimum Gasteiger partial charge on any atom is -0.482 e. The number of fused-ring (bicyclic) bond motifs is 1. The molecule has 0 aliphatic carbocycles. The molecule has 0 aromatic heterocycles. The van der Waals surface area contributed by atoms with Crippen molar-refractivity contribution < 1.29 is 19.4 Å². The van der Waals surface area contributed by atoms with Gasteiger partial charge in [-0.3, -0.25) is 4.79 Å². The van der Waals surface area contributed by atoms with E-state index in [-0.39, 0.29) is 12.5 Å². The number of carbonyl (C=O) groups excluding carboxylic acids is 1. The van der Waals surface area contributed by atoms with Gasteiger partial charge in [0.25, 0.3) is 0 Å². The first-order chi connectivity index (χ1) is 7.15. The molecule has 0 unspecified atom stereocenters. The number of carboxylic acid groups (broad SMARTS) is 1. The quantitative estimate of drug-likeness (QED) is 0.762. The van der Waals surface area contributed by atoms with Crippen molar-refractivity contribution in [3.63, 3.8) is 0 Å². The number of benzene rings is 1. The second-order valence-corrected chi connectivity index (χ2v) is 3.23. The SMILES string of the molecule is O=C(O)COc1ccc2c(c1)CC(=O)N2. The van der Waals surface area contributed by atoms with Crippen LogP contribution in [0.4, 0.5) is 5.69 Å². The van der Waals surface area contributed by atoms with Crippen molar-refractivity contribution in [3.05, 3.63) is 23.8 Å². The van der Waals surface area contributed by atoms with Gasteiger partial charge in [0.1, 0.15) is 5.75 Å². The standard InChI is InChI=1S/C10H9NO4/c12-9-4-6-3-7(15-5-10(13)14)1-2-8(6)11-9/h1-3H,4-5H2,(H,11,12)(H,13,14). The van der Waals surface area contributed by atoms with Gasteiger partial charge in [0.2, 0.25) is 5.91 Å². The summed E-state index contributed by atoms with van der Waals surface area (Å²) < 4.78 is 4.99. The fourth-order valence-corrected chi connectivity index (χ4v) is 1.44. The summed E-state index contributed by atoms with van der Waals surface area (Å²) in [5.74, 6) is -0.613. The number of carbonyl (C=O) groups is 2. The van der Waals surface area contributed by atoms with E-state index >= 15 is 0 Å². The normalized spacial score (nSPS) is 13.2. The third-order valence-electron chi connectivity index (χ3n) is 2.06. The number of carboxylic acids is 1. The second-order valence-electron chi connectivity index (χ2n) is 3.23. The summed E-state index contributed by atoms with van der Waals surface area (Å²) in [6.07, 6.45) is 0.319. The van der Waals surface area contributed by atoms with E-state index in [1.165, 1.54) is 0 Å². The summed E-state index contributed by atoms with van der Waals surface area (Å²) >= 11 is 0. The molecule has 1 aliphatic heterocycles. The van der Waals surface area contributed by atoms with Crippen molar-refractivity contribution >= 4 is 17.6 Å². The fourth-order valence-electron chi connectivity index (χ4n) is 1.44. The maximum atomic E-state index is 11.0. The van der Waals surface area contributed by atoms with Crippen LogP contribution >= 0.6 is 0 Å². The van der Waals surface area contributed by atoms with Gasteiger partial charge in [0.15, 0.2) is 6.61 Å². The minimum absolute atomic E-state index is 0.0552. The van der Waals surface area contributed by atoms with Crippen LogP contribution < -0.4 is 10.1 Å².